The van der Waals surface area contributed by atoms with Crippen LogP contribution in [0.4, 0.5) is 0 Å². The Hall–Kier alpha value is -0.580. The largest absolute Gasteiger partial charge is 0.374 e. The van der Waals surface area contributed by atoms with E-state index in [9.17, 15) is 4.79 Å². The Morgan fingerprint density at radius 3 is 2.45 bits per heavy atom. The molecular formula is C15H24ClNO2S. The van der Waals surface area contributed by atoms with Gasteiger partial charge in [0.2, 0.25) is 5.91 Å². The highest BCUT2D eigenvalue weighted by Crippen LogP contribution is 2.28. The molecule has 1 atom stereocenters. The molecule has 0 aliphatic heterocycles. The van der Waals surface area contributed by atoms with Gasteiger partial charge < -0.3 is 10.1 Å². The van der Waals surface area contributed by atoms with E-state index in [1.54, 1.807) is 7.11 Å². The minimum absolute atomic E-state index is 0.120. The molecule has 1 unspecified atom stereocenters. The molecule has 1 aromatic rings. The van der Waals surface area contributed by atoms with Crippen LogP contribution in [-0.2, 0) is 9.53 Å². The van der Waals surface area contributed by atoms with E-state index in [1.807, 2.05) is 12.1 Å². The average Bonchev–Trinajstić information content (AvgIpc) is 2.85. The standard InChI is InChI=1S/C15H24ClNO2S/c1-4-6-11(7-5-2)15(18)17-10-12(19-3)13-8-9-14(16)20-13/h8-9,11-12H,4-7,10H2,1-3H3,(H,17,18). The molecule has 1 rings (SSSR count). The molecule has 0 radical (unpaired) electrons. The van der Waals surface area contributed by atoms with E-state index in [1.165, 1.54) is 11.3 Å². The molecule has 0 saturated carbocycles. The van der Waals surface area contributed by atoms with Crippen molar-refractivity contribution >= 4 is 28.8 Å². The highest BCUT2D eigenvalue weighted by Gasteiger charge is 2.19. The van der Waals surface area contributed by atoms with Gasteiger partial charge in [0.05, 0.1) is 4.34 Å². The van der Waals surface area contributed by atoms with Gasteiger partial charge in [-0.1, -0.05) is 38.3 Å². The van der Waals surface area contributed by atoms with E-state index >= 15 is 0 Å². The van der Waals surface area contributed by atoms with Gasteiger partial charge in [0.1, 0.15) is 6.10 Å². The SMILES string of the molecule is CCCC(CCC)C(=O)NCC(OC)c1ccc(Cl)s1. The summed E-state index contributed by atoms with van der Waals surface area (Å²) < 4.78 is 6.18. The van der Waals surface area contributed by atoms with Gasteiger partial charge in [0, 0.05) is 24.4 Å². The van der Waals surface area contributed by atoms with Crippen LogP contribution < -0.4 is 5.32 Å². The number of halogens is 1. The van der Waals surface area contributed by atoms with E-state index in [0.29, 0.717) is 6.54 Å². The van der Waals surface area contributed by atoms with Crippen LogP contribution >= 0.6 is 22.9 Å². The number of thiophene rings is 1. The van der Waals surface area contributed by atoms with Crippen LogP contribution in [0.25, 0.3) is 0 Å². The number of ether oxygens (including phenoxy) is 1. The second-order valence-corrected chi connectivity index (χ2v) is 6.63. The molecule has 1 amide bonds. The van der Waals surface area contributed by atoms with Gasteiger partial charge in [-0.2, -0.15) is 0 Å². The first-order chi connectivity index (χ1) is 9.62. The van der Waals surface area contributed by atoms with Gasteiger partial charge in [0.25, 0.3) is 0 Å². The monoisotopic (exact) mass is 317 g/mol. The summed E-state index contributed by atoms with van der Waals surface area (Å²) in [6.45, 7) is 4.72. The fourth-order valence-corrected chi connectivity index (χ4v) is 3.38. The molecule has 0 saturated heterocycles. The lowest BCUT2D eigenvalue weighted by atomic mass is 9.97. The number of hydrogen-bond donors (Lipinski definition) is 1. The Labute approximate surface area is 130 Å². The van der Waals surface area contributed by atoms with Crippen molar-refractivity contribution in [1.29, 1.82) is 0 Å². The molecule has 0 aliphatic carbocycles. The van der Waals surface area contributed by atoms with Crippen molar-refractivity contribution in [1.82, 2.24) is 5.32 Å². The minimum atomic E-state index is -0.125. The average molecular weight is 318 g/mol. The fraction of sp³-hybridized carbons (Fsp3) is 0.667. The number of amides is 1. The summed E-state index contributed by atoms with van der Waals surface area (Å²) in [4.78, 5) is 13.2. The summed E-state index contributed by atoms with van der Waals surface area (Å²) in [5.41, 5.74) is 0. The third kappa shape index (κ3) is 5.43. The lowest BCUT2D eigenvalue weighted by Crippen LogP contribution is -2.34. The Bertz CT molecular complexity index is 402. The summed E-state index contributed by atoms with van der Waals surface area (Å²) in [6.07, 6.45) is 3.84. The Balaban J connectivity index is 2.52. The second-order valence-electron chi connectivity index (χ2n) is 4.89. The van der Waals surface area contributed by atoms with Crippen LogP contribution in [0.5, 0.6) is 0 Å². The van der Waals surface area contributed by atoms with Gasteiger partial charge in [-0.3, -0.25) is 4.79 Å². The summed E-state index contributed by atoms with van der Waals surface area (Å²) >= 11 is 7.42. The maximum absolute atomic E-state index is 12.2. The van der Waals surface area contributed by atoms with Crippen LogP contribution in [0.1, 0.15) is 50.5 Å². The van der Waals surface area contributed by atoms with Crippen LogP contribution in [0.15, 0.2) is 12.1 Å². The molecule has 1 heterocycles. The van der Waals surface area contributed by atoms with Crippen molar-refractivity contribution in [3.05, 3.63) is 21.3 Å². The molecular weight excluding hydrogens is 294 g/mol. The molecule has 1 aromatic heterocycles. The summed E-state index contributed by atoms with van der Waals surface area (Å²) in [6, 6.07) is 3.80. The zero-order valence-electron chi connectivity index (χ0n) is 12.4. The molecule has 0 aromatic carbocycles. The quantitative estimate of drug-likeness (QED) is 0.732. The molecule has 0 fully saturated rings. The van der Waals surface area contributed by atoms with Gasteiger partial charge in [-0.25, -0.2) is 0 Å². The topological polar surface area (TPSA) is 38.3 Å². The highest BCUT2D eigenvalue weighted by molar-refractivity contribution is 7.16. The van der Waals surface area contributed by atoms with Crippen molar-refractivity contribution in [3.63, 3.8) is 0 Å². The number of rotatable bonds is 9. The maximum Gasteiger partial charge on any atom is 0.223 e. The lowest BCUT2D eigenvalue weighted by molar-refractivity contribution is -0.126. The molecule has 3 nitrogen and oxygen atoms in total. The first-order valence-electron chi connectivity index (χ1n) is 7.18. The molecule has 0 aliphatic rings. The van der Waals surface area contributed by atoms with E-state index in [2.05, 4.69) is 19.2 Å². The zero-order valence-corrected chi connectivity index (χ0v) is 14.0. The van der Waals surface area contributed by atoms with Crippen LogP contribution in [0, 0.1) is 5.92 Å². The predicted octanol–water partition coefficient (Wildman–Crippen LogP) is 4.42. The van der Waals surface area contributed by atoms with E-state index in [0.717, 1.165) is 34.9 Å². The van der Waals surface area contributed by atoms with Gasteiger partial charge >= 0.3 is 0 Å². The Morgan fingerprint density at radius 2 is 2.00 bits per heavy atom. The van der Waals surface area contributed by atoms with Crippen LogP contribution in [-0.4, -0.2) is 19.6 Å². The van der Waals surface area contributed by atoms with Crippen molar-refractivity contribution in [2.45, 2.75) is 45.6 Å². The highest BCUT2D eigenvalue weighted by atomic mass is 35.5. The van der Waals surface area contributed by atoms with E-state index < -0.39 is 0 Å². The molecule has 20 heavy (non-hydrogen) atoms. The van der Waals surface area contributed by atoms with Crippen LogP contribution in [0.2, 0.25) is 4.34 Å². The van der Waals surface area contributed by atoms with Crippen molar-refractivity contribution < 1.29 is 9.53 Å². The molecule has 0 bridgehead atoms. The summed E-state index contributed by atoms with van der Waals surface area (Å²) in [5.74, 6) is 0.257. The molecule has 1 N–H and O–H groups in total. The summed E-state index contributed by atoms with van der Waals surface area (Å²) in [7, 11) is 1.65. The number of carbonyl (C=O) groups is 1. The van der Waals surface area contributed by atoms with Crippen LogP contribution in [0.3, 0.4) is 0 Å². The van der Waals surface area contributed by atoms with Gasteiger partial charge in [-0.15, -0.1) is 11.3 Å². The van der Waals surface area contributed by atoms with Crippen molar-refractivity contribution in [2.24, 2.45) is 5.92 Å². The fourth-order valence-electron chi connectivity index (χ4n) is 2.24. The molecule has 0 spiro atoms. The molecule has 114 valence electrons. The third-order valence-electron chi connectivity index (χ3n) is 3.30. The maximum atomic E-state index is 12.2. The van der Waals surface area contributed by atoms with Gasteiger partial charge in [-0.05, 0) is 25.0 Å². The smallest absolute Gasteiger partial charge is 0.223 e. The third-order valence-corrected chi connectivity index (χ3v) is 4.63. The lowest BCUT2D eigenvalue weighted by Gasteiger charge is -2.18. The van der Waals surface area contributed by atoms with E-state index in [4.69, 9.17) is 16.3 Å². The van der Waals surface area contributed by atoms with E-state index in [-0.39, 0.29) is 17.9 Å². The van der Waals surface area contributed by atoms with Gasteiger partial charge in [0.15, 0.2) is 0 Å². The molecule has 5 heteroatoms. The summed E-state index contributed by atoms with van der Waals surface area (Å²) in [5, 5.41) is 3.01. The minimum Gasteiger partial charge on any atom is -0.374 e. The number of carbonyl (C=O) groups excluding carboxylic acids is 1. The first-order valence-corrected chi connectivity index (χ1v) is 8.37. The predicted molar refractivity (Wildman–Crippen MR) is 85.4 cm³/mol. The van der Waals surface area contributed by atoms with Crippen molar-refractivity contribution in [2.75, 3.05) is 13.7 Å². The number of methoxy groups -OCH3 is 1. The second kappa shape index (κ2) is 9.37. The first kappa shape index (κ1) is 17.5. The number of hydrogen-bond acceptors (Lipinski definition) is 3. The normalized spacial score (nSPS) is 12.7. The van der Waals surface area contributed by atoms with Crippen molar-refractivity contribution in [3.8, 4) is 0 Å². The Morgan fingerprint density at radius 1 is 1.35 bits per heavy atom. The Kier molecular flexibility index (Phi) is 8.19. The number of nitrogens with one attached hydrogen (secondary N) is 1. The zero-order chi connectivity index (χ0) is 15.0.